The highest BCUT2D eigenvalue weighted by Gasteiger charge is 2.49. The summed E-state index contributed by atoms with van der Waals surface area (Å²) in [7, 11) is 0. The molecule has 0 spiro atoms. The highest BCUT2D eigenvalue weighted by molar-refractivity contribution is 5.98. The first kappa shape index (κ1) is 37.6. The quantitative estimate of drug-likeness (QED) is 0.357. The molecule has 1 unspecified atom stereocenters. The lowest BCUT2D eigenvalue weighted by atomic mass is 9.94. The van der Waals surface area contributed by atoms with E-state index in [1.807, 2.05) is 55.5 Å². The number of fused-ring (bicyclic) bond motifs is 4. The molecule has 0 saturated carbocycles. The van der Waals surface area contributed by atoms with Crippen LogP contribution in [0.3, 0.4) is 0 Å². The zero-order valence-electron chi connectivity index (χ0n) is 30.0. The third-order valence-electron chi connectivity index (χ3n) is 9.51. The van der Waals surface area contributed by atoms with Crippen molar-refractivity contribution in [3.8, 4) is 5.75 Å². The number of piperidine rings is 1. The standard InChI is InChI=1S/C38H51N5O8/c1-25-12-14-29-19-28(25)21-39-33(45)30(15-13-26-9-6-5-7-10-26)40-34(46)31(20-32(44)43-17-8-11-27(22-43)16-18-50-29)41-35(47)38(23-49-24-38)42-36(48)51-37(2,3)4/h5-7,9-10,12,14,19,27,30-31H,8,11,13,15-18,20-24H2,1-4H3,(H,39,45)(H,40,46)(H,41,47)(H,42,48)/t27?,30-,31-/m0/s1. The molecule has 0 radical (unpaired) electrons. The van der Waals surface area contributed by atoms with Crippen molar-refractivity contribution >= 4 is 29.7 Å². The fourth-order valence-corrected chi connectivity index (χ4v) is 6.48. The number of aryl methyl sites for hydroxylation is 2. The smallest absolute Gasteiger partial charge is 0.408 e. The molecule has 0 aliphatic carbocycles. The molecule has 4 N–H and O–H groups in total. The molecule has 2 aromatic rings. The Morgan fingerprint density at radius 3 is 2.51 bits per heavy atom. The maximum absolute atomic E-state index is 14.1. The van der Waals surface area contributed by atoms with E-state index in [0.29, 0.717) is 31.9 Å². The minimum Gasteiger partial charge on any atom is -0.494 e. The Kier molecular flexibility index (Phi) is 12.2. The minimum atomic E-state index is -1.50. The van der Waals surface area contributed by atoms with E-state index >= 15 is 0 Å². The molecule has 2 aromatic carbocycles. The highest BCUT2D eigenvalue weighted by atomic mass is 16.6. The van der Waals surface area contributed by atoms with Crippen LogP contribution in [0.25, 0.3) is 0 Å². The van der Waals surface area contributed by atoms with Gasteiger partial charge in [-0.15, -0.1) is 0 Å². The number of ether oxygens (including phenoxy) is 3. The largest absolute Gasteiger partial charge is 0.494 e. The van der Waals surface area contributed by atoms with Crippen molar-refractivity contribution in [1.29, 1.82) is 0 Å². The van der Waals surface area contributed by atoms with Crippen LogP contribution in [0.1, 0.15) is 69.6 Å². The lowest BCUT2D eigenvalue weighted by molar-refractivity contribution is -0.150. The van der Waals surface area contributed by atoms with Crippen molar-refractivity contribution in [3.63, 3.8) is 0 Å². The van der Waals surface area contributed by atoms with Gasteiger partial charge in [0.25, 0.3) is 5.91 Å². The van der Waals surface area contributed by atoms with Gasteiger partial charge in [-0.25, -0.2) is 4.79 Å². The Bertz CT molecular complexity index is 1570. The van der Waals surface area contributed by atoms with Gasteiger partial charge in [0.15, 0.2) is 5.54 Å². The molecule has 13 nitrogen and oxygen atoms in total. The predicted octanol–water partition coefficient (Wildman–Crippen LogP) is 2.92. The van der Waals surface area contributed by atoms with E-state index in [4.69, 9.17) is 14.2 Å². The van der Waals surface area contributed by atoms with E-state index in [1.54, 1.807) is 25.7 Å². The van der Waals surface area contributed by atoms with Crippen molar-refractivity contribution in [1.82, 2.24) is 26.2 Å². The zero-order chi connectivity index (χ0) is 36.6. The summed E-state index contributed by atoms with van der Waals surface area (Å²) in [6, 6.07) is 13.1. The lowest BCUT2D eigenvalue weighted by Crippen LogP contribution is -2.72. The number of hydrogen-bond donors (Lipinski definition) is 4. The molecule has 3 aliphatic heterocycles. The van der Waals surface area contributed by atoms with Gasteiger partial charge in [0.1, 0.15) is 23.4 Å². The molecular weight excluding hydrogens is 654 g/mol. The maximum atomic E-state index is 14.1. The summed E-state index contributed by atoms with van der Waals surface area (Å²) < 4.78 is 16.8. The van der Waals surface area contributed by atoms with Gasteiger partial charge in [-0.2, -0.15) is 0 Å². The molecular formula is C38H51N5O8. The summed E-state index contributed by atoms with van der Waals surface area (Å²) >= 11 is 0. The Hall–Kier alpha value is -4.65. The first-order valence-corrected chi connectivity index (χ1v) is 17.8. The molecule has 3 atom stereocenters. The number of carbonyl (C=O) groups excluding carboxylic acids is 5. The molecule has 3 aliphatic rings. The SMILES string of the molecule is Cc1ccc2cc1CNC(=O)[C@H](CCc1ccccc1)NC(=O)[C@@H](NC(=O)C1(NC(=O)OC(C)(C)C)COC1)CC(=O)N1CCCC(CCO2)C1. The van der Waals surface area contributed by atoms with Crippen molar-refractivity contribution in [2.24, 2.45) is 5.92 Å². The van der Waals surface area contributed by atoms with Crippen LogP contribution >= 0.6 is 0 Å². The maximum Gasteiger partial charge on any atom is 0.408 e. The second-order valence-electron chi connectivity index (χ2n) is 14.8. The Morgan fingerprint density at radius 1 is 1.04 bits per heavy atom. The van der Waals surface area contributed by atoms with Crippen LogP contribution in [-0.2, 0) is 41.6 Å². The van der Waals surface area contributed by atoms with Gasteiger partial charge in [0.05, 0.1) is 26.2 Å². The number of amides is 5. The molecule has 276 valence electrons. The second kappa shape index (κ2) is 16.6. The van der Waals surface area contributed by atoms with Gasteiger partial charge in [-0.05, 0) is 94.5 Å². The van der Waals surface area contributed by atoms with Crippen LogP contribution in [-0.4, -0.2) is 90.8 Å². The van der Waals surface area contributed by atoms with E-state index in [1.165, 1.54) is 0 Å². The third kappa shape index (κ3) is 10.4. The number of alkyl carbamates (subject to hydrolysis) is 1. The summed E-state index contributed by atoms with van der Waals surface area (Å²) in [4.78, 5) is 70.0. The van der Waals surface area contributed by atoms with Crippen molar-refractivity contribution in [2.75, 3.05) is 32.9 Å². The summed E-state index contributed by atoms with van der Waals surface area (Å²) in [5.74, 6) is -1.16. The van der Waals surface area contributed by atoms with Gasteiger partial charge in [-0.3, -0.25) is 19.2 Å². The number of carbonyl (C=O) groups is 5. The van der Waals surface area contributed by atoms with E-state index < -0.39 is 47.0 Å². The number of benzene rings is 2. The van der Waals surface area contributed by atoms with Crippen LogP contribution < -0.4 is 26.0 Å². The molecule has 5 rings (SSSR count). The fraction of sp³-hybridized carbons (Fsp3) is 0.553. The average molecular weight is 706 g/mol. The molecule has 4 bridgehead atoms. The van der Waals surface area contributed by atoms with Crippen LogP contribution in [0.2, 0.25) is 0 Å². The second-order valence-corrected chi connectivity index (χ2v) is 14.8. The number of rotatable bonds is 6. The summed E-state index contributed by atoms with van der Waals surface area (Å²) in [6.45, 7) is 8.51. The third-order valence-corrected chi connectivity index (χ3v) is 9.51. The molecule has 2 fully saturated rings. The van der Waals surface area contributed by atoms with E-state index in [9.17, 15) is 24.0 Å². The Labute approximate surface area is 299 Å². The van der Waals surface area contributed by atoms with Crippen molar-refractivity contribution < 1.29 is 38.2 Å². The van der Waals surface area contributed by atoms with Crippen LogP contribution in [0, 0.1) is 12.8 Å². The monoisotopic (exact) mass is 705 g/mol. The van der Waals surface area contributed by atoms with Gasteiger partial charge in [-0.1, -0.05) is 36.4 Å². The zero-order valence-corrected chi connectivity index (χ0v) is 30.0. The predicted molar refractivity (Wildman–Crippen MR) is 189 cm³/mol. The molecule has 0 aromatic heterocycles. The topological polar surface area (TPSA) is 164 Å². The molecule has 5 amide bonds. The number of nitrogens with one attached hydrogen (secondary N) is 4. The normalized spacial score (nSPS) is 22.9. The molecule has 3 heterocycles. The summed E-state index contributed by atoms with van der Waals surface area (Å²) in [5, 5.41) is 11.2. The van der Waals surface area contributed by atoms with Crippen LogP contribution in [0.5, 0.6) is 5.75 Å². The number of hydrogen-bond acceptors (Lipinski definition) is 8. The first-order valence-electron chi connectivity index (χ1n) is 17.8. The van der Waals surface area contributed by atoms with Crippen molar-refractivity contribution in [3.05, 3.63) is 65.2 Å². The fourth-order valence-electron chi connectivity index (χ4n) is 6.48. The lowest BCUT2D eigenvalue weighted by Gasteiger charge is -2.41. The van der Waals surface area contributed by atoms with Crippen LogP contribution in [0.4, 0.5) is 4.79 Å². The molecule has 13 heteroatoms. The van der Waals surface area contributed by atoms with E-state index in [0.717, 1.165) is 36.0 Å². The van der Waals surface area contributed by atoms with Gasteiger partial charge in [0.2, 0.25) is 17.7 Å². The van der Waals surface area contributed by atoms with E-state index in [-0.39, 0.29) is 44.4 Å². The van der Waals surface area contributed by atoms with Crippen molar-refractivity contribution in [2.45, 2.75) is 96.0 Å². The molecule has 2 saturated heterocycles. The first-order chi connectivity index (χ1) is 24.3. The minimum absolute atomic E-state index is 0.140. The van der Waals surface area contributed by atoms with Gasteiger partial charge in [0, 0.05) is 19.6 Å². The number of nitrogens with zero attached hydrogens (tertiary/aromatic N) is 1. The summed E-state index contributed by atoms with van der Waals surface area (Å²) in [6.07, 6.45) is 2.11. The van der Waals surface area contributed by atoms with E-state index in [2.05, 4.69) is 21.3 Å². The van der Waals surface area contributed by atoms with Gasteiger partial charge < -0.3 is 40.4 Å². The average Bonchev–Trinajstić information content (AvgIpc) is 3.07. The highest BCUT2D eigenvalue weighted by Crippen LogP contribution is 2.24. The molecule has 51 heavy (non-hydrogen) atoms. The Balaban J connectivity index is 1.41. The summed E-state index contributed by atoms with van der Waals surface area (Å²) in [5.41, 5.74) is 0.555. The Morgan fingerprint density at radius 2 is 1.80 bits per heavy atom. The van der Waals surface area contributed by atoms with Gasteiger partial charge >= 0.3 is 6.09 Å². The van der Waals surface area contributed by atoms with Crippen LogP contribution in [0.15, 0.2) is 48.5 Å².